The maximum Gasteiger partial charge on any atom is 0.227 e. The van der Waals surface area contributed by atoms with Gasteiger partial charge in [-0.15, -0.1) is 0 Å². The summed E-state index contributed by atoms with van der Waals surface area (Å²) >= 11 is 0. The van der Waals surface area contributed by atoms with Crippen LogP contribution in [-0.2, 0) is 17.8 Å². The van der Waals surface area contributed by atoms with Gasteiger partial charge in [0.15, 0.2) is 0 Å². The molecule has 0 saturated carbocycles. The van der Waals surface area contributed by atoms with Crippen LogP contribution in [0.5, 0.6) is 0 Å². The van der Waals surface area contributed by atoms with Crippen molar-refractivity contribution in [2.45, 2.75) is 39.3 Å². The van der Waals surface area contributed by atoms with Crippen molar-refractivity contribution in [1.29, 1.82) is 0 Å². The van der Waals surface area contributed by atoms with E-state index in [4.69, 9.17) is 0 Å². The second kappa shape index (κ2) is 4.88. The Morgan fingerprint density at radius 1 is 1.35 bits per heavy atom. The van der Waals surface area contributed by atoms with Crippen molar-refractivity contribution in [1.82, 2.24) is 5.32 Å². The Balaban J connectivity index is 2.17. The molecule has 1 aromatic carbocycles. The topological polar surface area (TPSA) is 32.3 Å². The number of hydrogen-bond acceptors (Lipinski definition) is 2. The number of carbonyl (C=O) groups excluding carboxylic acids is 1. The van der Waals surface area contributed by atoms with Gasteiger partial charge in [0.25, 0.3) is 0 Å². The summed E-state index contributed by atoms with van der Waals surface area (Å²) in [6.07, 6.45) is 1.50. The SMILES string of the molecule is CC(C)NCc1ccc2c(c1)CCC(=O)N2C. The van der Waals surface area contributed by atoms with E-state index in [0.29, 0.717) is 12.5 Å². The standard InChI is InChI=1S/C14H20N2O/c1-10(2)15-9-11-4-6-13-12(8-11)5-7-14(17)16(13)3/h4,6,8,10,15H,5,7,9H2,1-3H3. The van der Waals surface area contributed by atoms with E-state index in [1.807, 2.05) is 7.05 Å². The van der Waals surface area contributed by atoms with Crippen molar-refractivity contribution in [3.05, 3.63) is 29.3 Å². The second-order valence-electron chi connectivity index (χ2n) is 4.95. The first kappa shape index (κ1) is 12.1. The lowest BCUT2D eigenvalue weighted by Gasteiger charge is -2.26. The quantitative estimate of drug-likeness (QED) is 0.865. The lowest BCUT2D eigenvalue weighted by atomic mass is 9.99. The number of aryl methyl sites for hydroxylation is 1. The Morgan fingerprint density at radius 3 is 2.82 bits per heavy atom. The van der Waals surface area contributed by atoms with E-state index in [2.05, 4.69) is 37.4 Å². The number of amides is 1. The van der Waals surface area contributed by atoms with Crippen molar-refractivity contribution in [3.63, 3.8) is 0 Å². The summed E-state index contributed by atoms with van der Waals surface area (Å²) in [5, 5.41) is 3.41. The first-order chi connectivity index (χ1) is 8.08. The summed E-state index contributed by atoms with van der Waals surface area (Å²) in [5.74, 6) is 0.213. The molecule has 1 aliphatic rings. The van der Waals surface area contributed by atoms with E-state index in [9.17, 15) is 4.79 Å². The third-order valence-electron chi connectivity index (χ3n) is 3.20. The zero-order valence-corrected chi connectivity index (χ0v) is 10.8. The van der Waals surface area contributed by atoms with Gasteiger partial charge in [-0.2, -0.15) is 0 Å². The van der Waals surface area contributed by atoms with Gasteiger partial charge >= 0.3 is 0 Å². The lowest BCUT2D eigenvalue weighted by Crippen LogP contribution is -2.31. The van der Waals surface area contributed by atoms with Gasteiger partial charge in [0.2, 0.25) is 5.91 Å². The van der Waals surface area contributed by atoms with E-state index in [-0.39, 0.29) is 5.91 Å². The predicted molar refractivity (Wildman–Crippen MR) is 70.1 cm³/mol. The summed E-state index contributed by atoms with van der Waals surface area (Å²) in [4.78, 5) is 13.3. The number of benzene rings is 1. The van der Waals surface area contributed by atoms with Gasteiger partial charge in [0, 0.05) is 31.7 Å². The summed E-state index contributed by atoms with van der Waals surface area (Å²) in [5.41, 5.74) is 3.64. The normalized spacial score (nSPS) is 15.3. The van der Waals surface area contributed by atoms with Crippen molar-refractivity contribution in [2.24, 2.45) is 0 Å². The number of nitrogens with zero attached hydrogens (tertiary/aromatic N) is 1. The average molecular weight is 232 g/mol. The Labute approximate surface area is 103 Å². The van der Waals surface area contributed by atoms with Gasteiger partial charge in [-0.1, -0.05) is 26.0 Å². The Morgan fingerprint density at radius 2 is 2.12 bits per heavy atom. The molecule has 0 fully saturated rings. The molecule has 17 heavy (non-hydrogen) atoms. The van der Waals surface area contributed by atoms with E-state index in [1.165, 1.54) is 11.1 Å². The van der Waals surface area contributed by atoms with Gasteiger partial charge in [-0.05, 0) is 23.6 Å². The molecular formula is C14H20N2O. The molecule has 0 aromatic heterocycles. The minimum Gasteiger partial charge on any atom is -0.315 e. The number of nitrogens with one attached hydrogen (secondary N) is 1. The molecule has 0 atom stereocenters. The van der Waals surface area contributed by atoms with Crippen LogP contribution in [0.3, 0.4) is 0 Å². The molecule has 1 aliphatic heterocycles. The fourth-order valence-corrected chi connectivity index (χ4v) is 2.14. The van der Waals surface area contributed by atoms with Crippen LogP contribution in [0.15, 0.2) is 18.2 Å². The second-order valence-corrected chi connectivity index (χ2v) is 4.95. The van der Waals surface area contributed by atoms with Crippen LogP contribution in [0.1, 0.15) is 31.4 Å². The summed E-state index contributed by atoms with van der Waals surface area (Å²) < 4.78 is 0. The maximum atomic E-state index is 11.6. The Bertz CT molecular complexity index is 426. The third kappa shape index (κ3) is 2.67. The zero-order chi connectivity index (χ0) is 12.4. The van der Waals surface area contributed by atoms with Crippen LogP contribution >= 0.6 is 0 Å². The van der Waals surface area contributed by atoms with Crippen molar-refractivity contribution >= 4 is 11.6 Å². The molecule has 0 bridgehead atoms. The van der Waals surface area contributed by atoms with Crippen LogP contribution in [0.2, 0.25) is 0 Å². The molecule has 1 N–H and O–H groups in total. The number of hydrogen-bond donors (Lipinski definition) is 1. The van der Waals surface area contributed by atoms with Crippen LogP contribution in [-0.4, -0.2) is 19.0 Å². The fraction of sp³-hybridized carbons (Fsp3) is 0.500. The first-order valence-electron chi connectivity index (χ1n) is 6.19. The molecule has 2 rings (SSSR count). The van der Waals surface area contributed by atoms with Crippen LogP contribution in [0.25, 0.3) is 0 Å². The molecule has 1 amide bonds. The molecule has 0 spiro atoms. The van der Waals surface area contributed by atoms with E-state index < -0.39 is 0 Å². The highest BCUT2D eigenvalue weighted by Gasteiger charge is 2.20. The molecule has 0 unspecified atom stereocenters. The largest absolute Gasteiger partial charge is 0.315 e. The van der Waals surface area contributed by atoms with Crippen molar-refractivity contribution in [2.75, 3.05) is 11.9 Å². The predicted octanol–water partition coefficient (Wildman–Crippen LogP) is 2.09. The minimum atomic E-state index is 0.213. The minimum absolute atomic E-state index is 0.213. The molecule has 0 aliphatic carbocycles. The van der Waals surface area contributed by atoms with E-state index >= 15 is 0 Å². The number of anilines is 1. The van der Waals surface area contributed by atoms with Gasteiger partial charge in [0.1, 0.15) is 0 Å². The third-order valence-corrected chi connectivity index (χ3v) is 3.20. The number of fused-ring (bicyclic) bond motifs is 1. The van der Waals surface area contributed by atoms with Crippen LogP contribution < -0.4 is 10.2 Å². The molecule has 3 nitrogen and oxygen atoms in total. The summed E-state index contributed by atoms with van der Waals surface area (Å²) in [7, 11) is 1.85. The summed E-state index contributed by atoms with van der Waals surface area (Å²) in [6, 6.07) is 6.87. The van der Waals surface area contributed by atoms with Crippen LogP contribution in [0, 0.1) is 0 Å². The monoisotopic (exact) mass is 232 g/mol. The molecule has 92 valence electrons. The Kier molecular flexibility index (Phi) is 3.48. The molecule has 1 aromatic rings. The average Bonchev–Trinajstić information content (AvgIpc) is 2.31. The summed E-state index contributed by atoms with van der Waals surface area (Å²) in [6.45, 7) is 5.18. The van der Waals surface area contributed by atoms with E-state index in [0.717, 1.165) is 18.7 Å². The Hall–Kier alpha value is -1.35. The molecule has 3 heteroatoms. The number of carbonyl (C=O) groups is 1. The van der Waals surface area contributed by atoms with Gasteiger partial charge in [0.05, 0.1) is 0 Å². The van der Waals surface area contributed by atoms with Gasteiger partial charge in [-0.25, -0.2) is 0 Å². The number of rotatable bonds is 3. The maximum absolute atomic E-state index is 11.6. The van der Waals surface area contributed by atoms with Gasteiger partial charge in [-0.3, -0.25) is 4.79 Å². The lowest BCUT2D eigenvalue weighted by molar-refractivity contribution is -0.118. The molecular weight excluding hydrogens is 212 g/mol. The first-order valence-corrected chi connectivity index (χ1v) is 6.19. The van der Waals surface area contributed by atoms with Crippen LogP contribution in [0.4, 0.5) is 5.69 Å². The molecule has 0 radical (unpaired) electrons. The van der Waals surface area contributed by atoms with Crippen molar-refractivity contribution in [3.8, 4) is 0 Å². The van der Waals surface area contributed by atoms with E-state index in [1.54, 1.807) is 4.90 Å². The molecule has 1 heterocycles. The van der Waals surface area contributed by atoms with Gasteiger partial charge < -0.3 is 10.2 Å². The van der Waals surface area contributed by atoms with Crippen molar-refractivity contribution < 1.29 is 4.79 Å². The molecule has 0 saturated heterocycles. The highest BCUT2D eigenvalue weighted by molar-refractivity contribution is 5.95. The zero-order valence-electron chi connectivity index (χ0n) is 10.8. The fourth-order valence-electron chi connectivity index (χ4n) is 2.14. The highest BCUT2D eigenvalue weighted by atomic mass is 16.2. The smallest absolute Gasteiger partial charge is 0.227 e. The highest BCUT2D eigenvalue weighted by Crippen LogP contribution is 2.27.